The number of nitrogens with zero attached hydrogens (tertiary/aromatic N) is 1. The summed E-state index contributed by atoms with van der Waals surface area (Å²) in [6.07, 6.45) is 25.3. The Balaban J connectivity index is -0.000000739. The molecule has 188 valence electrons. The van der Waals surface area contributed by atoms with Gasteiger partial charge in [0.1, 0.15) is 0 Å². The van der Waals surface area contributed by atoms with Gasteiger partial charge in [0, 0.05) is 25.7 Å². The number of rotatable bonds is 19. The molecule has 0 fully saturated rings. The van der Waals surface area contributed by atoms with Crippen LogP contribution in [-0.4, -0.2) is 30.9 Å². The SMILES string of the molecule is C=C(C)C(=O)N(C)C.CCCCCCCCCCCCCCCCCC(N)CCC.Cl. The smallest absolute Gasteiger partial charge is 0.248 e. The molecule has 0 spiro atoms. The number of hydrogen-bond donors (Lipinski definition) is 1. The van der Waals surface area contributed by atoms with Crippen molar-refractivity contribution in [3.05, 3.63) is 12.2 Å². The van der Waals surface area contributed by atoms with E-state index in [2.05, 4.69) is 20.4 Å². The van der Waals surface area contributed by atoms with Gasteiger partial charge >= 0.3 is 0 Å². The molecule has 0 aliphatic heterocycles. The Kier molecular flexibility index (Phi) is 31.1. The molecule has 1 unspecified atom stereocenters. The Labute approximate surface area is 202 Å². The molecule has 3 nitrogen and oxygen atoms in total. The lowest BCUT2D eigenvalue weighted by atomic mass is 10.0. The Morgan fingerprint density at radius 2 is 1.06 bits per heavy atom. The van der Waals surface area contributed by atoms with Crippen molar-refractivity contribution in [2.75, 3.05) is 14.1 Å². The van der Waals surface area contributed by atoms with Gasteiger partial charge < -0.3 is 10.6 Å². The number of nitrogens with two attached hydrogens (primary N) is 1. The minimum atomic E-state index is -0.00926. The van der Waals surface area contributed by atoms with E-state index in [0.717, 1.165) is 0 Å². The summed E-state index contributed by atoms with van der Waals surface area (Å²) < 4.78 is 0. The molecule has 1 atom stereocenters. The van der Waals surface area contributed by atoms with Crippen LogP contribution >= 0.6 is 12.4 Å². The molecule has 0 aromatic heterocycles. The van der Waals surface area contributed by atoms with E-state index in [1.54, 1.807) is 21.0 Å². The fourth-order valence-electron chi connectivity index (χ4n) is 3.67. The molecule has 0 heterocycles. The third-order valence-electron chi connectivity index (χ3n) is 5.61. The van der Waals surface area contributed by atoms with E-state index >= 15 is 0 Å². The van der Waals surface area contributed by atoms with Crippen molar-refractivity contribution in [3.8, 4) is 0 Å². The van der Waals surface area contributed by atoms with Gasteiger partial charge in [0.15, 0.2) is 0 Å². The number of amides is 1. The summed E-state index contributed by atoms with van der Waals surface area (Å²) in [6, 6.07) is 0.465. The molecule has 2 N–H and O–H groups in total. The highest BCUT2D eigenvalue weighted by Crippen LogP contribution is 2.14. The molecule has 0 radical (unpaired) electrons. The first-order valence-corrected chi connectivity index (χ1v) is 13.0. The van der Waals surface area contributed by atoms with Crippen LogP contribution in [0, 0.1) is 0 Å². The van der Waals surface area contributed by atoms with E-state index < -0.39 is 0 Å². The van der Waals surface area contributed by atoms with Crippen LogP contribution in [0.5, 0.6) is 0 Å². The van der Waals surface area contributed by atoms with Crippen molar-refractivity contribution in [1.29, 1.82) is 0 Å². The van der Waals surface area contributed by atoms with E-state index in [0.29, 0.717) is 11.6 Å². The van der Waals surface area contributed by atoms with Crippen molar-refractivity contribution in [2.24, 2.45) is 5.73 Å². The lowest BCUT2D eigenvalue weighted by molar-refractivity contribution is -0.124. The molecule has 0 aromatic rings. The van der Waals surface area contributed by atoms with Crippen LogP contribution in [0.2, 0.25) is 0 Å². The maximum atomic E-state index is 10.7. The van der Waals surface area contributed by atoms with Gasteiger partial charge in [-0.15, -0.1) is 12.4 Å². The van der Waals surface area contributed by atoms with Crippen LogP contribution in [0.25, 0.3) is 0 Å². The first-order chi connectivity index (χ1) is 14.4. The highest BCUT2D eigenvalue weighted by atomic mass is 35.5. The fraction of sp³-hybridized carbons (Fsp3) is 0.889. The minimum Gasteiger partial charge on any atom is -0.345 e. The van der Waals surface area contributed by atoms with Crippen LogP contribution in [0.15, 0.2) is 12.2 Å². The summed E-state index contributed by atoms with van der Waals surface area (Å²) in [7, 11) is 3.41. The van der Waals surface area contributed by atoms with Gasteiger partial charge in [-0.3, -0.25) is 4.79 Å². The van der Waals surface area contributed by atoms with Crippen molar-refractivity contribution in [2.45, 2.75) is 142 Å². The van der Waals surface area contributed by atoms with E-state index in [1.807, 2.05) is 0 Å². The van der Waals surface area contributed by atoms with Crippen molar-refractivity contribution < 1.29 is 4.79 Å². The maximum absolute atomic E-state index is 10.7. The summed E-state index contributed by atoms with van der Waals surface area (Å²) >= 11 is 0. The fourth-order valence-corrected chi connectivity index (χ4v) is 3.67. The Bertz CT molecular complexity index is 385. The van der Waals surface area contributed by atoms with Gasteiger partial charge in [0.2, 0.25) is 5.91 Å². The number of unbranched alkanes of at least 4 members (excludes halogenated alkanes) is 14. The van der Waals surface area contributed by atoms with Crippen LogP contribution in [0.4, 0.5) is 0 Å². The van der Waals surface area contributed by atoms with Gasteiger partial charge in [-0.2, -0.15) is 0 Å². The molecule has 1 amide bonds. The minimum absolute atomic E-state index is 0. The van der Waals surface area contributed by atoms with E-state index in [-0.39, 0.29) is 18.3 Å². The topological polar surface area (TPSA) is 46.3 Å². The van der Waals surface area contributed by atoms with Gasteiger partial charge in [-0.25, -0.2) is 0 Å². The normalized spacial score (nSPS) is 11.2. The van der Waals surface area contributed by atoms with Crippen LogP contribution in [0.1, 0.15) is 136 Å². The van der Waals surface area contributed by atoms with Crippen LogP contribution in [-0.2, 0) is 4.79 Å². The summed E-state index contributed by atoms with van der Waals surface area (Å²) in [4.78, 5) is 12.2. The van der Waals surface area contributed by atoms with Crippen molar-refractivity contribution in [1.82, 2.24) is 4.90 Å². The molecule has 0 aromatic carbocycles. The van der Waals surface area contributed by atoms with Crippen LogP contribution in [0.3, 0.4) is 0 Å². The molecule has 0 saturated carbocycles. The Morgan fingerprint density at radius 1 is 0.710 bits per heavy atom. The summed E-state index contributed by atoms with van der Waals surface area (Å²) in [5.74, 6) is -0.00926. The summed E-state index contributed by atoms with van der Waals surface area (Å²) in [5, 5.41) is 0. The summed E-state index contributed by atoms with van der Waals surface area (Å²) in [5.41, 5.74) is 6.62. The third-order valence-corrected chi connectivity index (χ3v) is 5.61. The third kappa shape index (κ3) is 29.5. The Hall–Kier alpha value is -0.540. The van der Waals surface area contributed by atoms with E-state index in [1.165, 1.54) is 120 Å². The molecule has 0 saturated heterocycles. The quantitative estimate of drug-likeness (QED) is 0.155. The average molecular weight is 461 g/mol. The number of hydrogen-bond acceptors (Lipinski definition) is 2. The standard InChI is InChI=1S/C21H45N.C6H11NO.ClH/c1-3-5-6-7-8-9-10-11-12-13-14-15-16-17-18-20-21(22)19-4-2;1-5(2)6(8)7(3)4;/h21H,3-20,22H2,1-2H3;1H2,2-4H3;1H. The second-order valence-corrected chi connectivity index (χ2v) is 9.27. The van der Waals surface area contributed by atoms with Crippen molar-refractivity contribution in [3.63, 3.8) is 0 Å². The summed E-state index contributed by atoms with van der Waals surface area (Å²) in [6.45, 7) is 9.70. The second kappa shape index (κ2) is 27.5. The molecule has 0 bridgehead atoms. The van der Waals surface area contributed by atoms with Gasteiger partial charge in [0.05, 0.1) is 0 Å². The van der Waals surface area contributed by atoms with E-state index in [4.69, 9.17) is 5.73 Å². The highest BCUT2D eigenvalue weighted by Gasteiger charge is 2.01. The lowest BCUT2D eigenvalue weighted by Gasteiger charge is -2.09. The first-order valence-electron chi connectivity index (χ1n) is 13.0. The predicted molar refractivity (Wildman–Crippen MR) is 143 cm³/mol. The zero-order valence-electron chi connectivity index (χ0n) is 21.9. The first kappa shape index (κ1) is 35.1. The van der Waals surface area contributed by atoms with Crippen LogP contribution < -0.4 is 5.73 Å². The molecular formula is C27H57ClN2O. The molecule has 31 heavy (non-hydrogen) atoms. The largest absolute Gasteiger partial charge is 0.345 e. The average Bonchev–Trinajstić information content (AvgIpc) is 2.70. The van der Waals surface area contributed by atoms with Gasteiger partial charge in [-0.1, -0.05) is 123 Å². The second-order valence-electron chi connectivity index (χ2n) is 9.27. The number of carbonyl (C=O) groups excluding carboxylic acids is 1. The lowest BCUT2D eigenvalue weighted by Crippen LogP contribution is -2.21. The monoisotopic (exact) mass is 460 g/mol. The maximum Gasteiger partial charge on any atom is 0.248 e. The number of likely N-dealkylation sites (N-methyl/N-ethyl adjacent to an activating group) is 1. The van der Waals surface area contributed by atoms with Gasteiger partial charge in [0.25, 0.3) is 0 Å². The predicted octanol–water partition coefficient (Wildman–Crippen LogP) is 8.45. The molecule has 0 rings (SSSR count). The van der Waals surface area contributed by atoms with Crippen molar-refractivity contribution >= 4 is 18.3 Å². The number of carbonyl (C=O) groups is 1. The zero-order chi connectivity index (χ0) is 23.0. The number of halogens is 1. The Morgan fingerprint density at radius 3 is 1.32 bits per heavy atom. The highest BCUT2D eigenvalue weighted by molar-refractivity contribution is 5.91. The zero-order valence-corrected chi connectivity index (χ0v) is 22.7. The molecule has 0 aliphatic rings. The van der Waals surface area contributed by atoms with E-state index in [9.17, 15) is 4.79 Å². The van der Waals surface area contributed by atoms with Gasteiger partial charge in [-0.05, 0) is 19.8 Å². The molecule has 0 aliphatic carbocycles. The molecule has 4 heteroatoms. The molecular weight excluding hydrogens is 404 g/mol.